The fourth-order valence-electron chi connectivity index (χ4n) is 3.39. The van der Waals surface area contributed by atoms with Crippen LogP contribution in [-0.4, -0.2) is 25.7 Å². The van der Waals surface area contributed by atoms with Crippen molar-refractivity contribution in [2.75, 3.05) is 5.32 Å². The van der Waals surface area contributed by atoms with Crippen LogP contribution in [0, 0.1) is 5.82 Å². The molecule has 2 N–H and O–H groups in total. The number of amides is 1. The van der Waals surface area contributed by atoms with Crippen molar-refractivity contribution in [2.24, 2.45) is 0 Å². The number of nitrogens with one attached hydrogen (secondary N) is 2. The van der Waals surface area contributed by atoms with Gasteiger partial charge in [0.05, 0.1) is 22.8 Å². The lowest BCUT2D eigenvalue weighted by Gasteiger charge is -2.22. The third-order valence-corrected chi connectivity index (χ3v) is 5.19. The van der Waals surface area contributed by atoms with Gasteiger partial charge in [-0.3, -0.25) is 4.79 Å². The van der Waals surface area contributed by atoms with E-state index in [9.17, 15) is 9.18 Å². The molecule has 28 heavy (non-hydrogen) atoms. The number of H-pyrrole nitrogens is 1. The van der Waals surface area contributed by atoms with E-state index in [4.69, 9.17) is 0 Å². The van der Waals surface area contributed by atoms with Gasteiger partial charge in [-0.25, -0.2) is 14.1 Å². The molecule has 6 nitrogen and oxygen atoms in total. The number of benzene rings is 2. The molecule has 0 aliphatic heterocycles. The zero-order chi connectivity index (χ0) is 19.1. The van der Waals surface area contributed by atoms with Gasteiger partial charge in [-0.15, -0.1) is 0 Å². The first-order valence-electron chi connectivity index (χ1n) is 9.28. The number of rotatable bonds is 4. The Morgan fingerprint density at radius 2 is 2.07 bits per heavy atom. The quantitative estimate of drug-likeness (QED) is 0.555. The summed E-state index contributed by atoms with van der Waals surface area (Å²) in [6.45, 7) is 0. The minimum absolute atomic E-state index is 0.295. The number of aromatic amines is 1. The van der Waals surface area contributed by atoms with E-state index in [2.05, 4.69) is 20.4 Å². The van der Waals surface area contributed by atoms with E-state index >= 15 is 0 Å². The number of carbonyl (C=O) groups is 1. The normalized spacial score (nSPS) is 14.2. The summed E-state index contributed by atoms with van der Waals surface area (Å²) in [5, 5.41) is 6.96. The van der Waals surface area contributed by atoms with Crippen molar-refractivity contribution in [1.29, 1.82) is 0 Å². The fraction of sp³-hybridized carbons (Fsp3) is 0.190. The van der Waals surface area contributed by atoms with Crippen LogP contribution in [0.15, 0.2) is 54.9 Å². The molecule has 0 radical (unpaired) electrons. The van der Waals surface area contributed by atoms with Gasteiger partial charge in [0, 0.05) is 17.8 Å². The molecule has 1 fully saturated rings. The van der Waals surface area contributed by atoms with Gasteiger partial charge in [0.2, 0.25) is 0 Å². The number of imidazole rings is 1. The summed E-state index contributed by atoms with van der Waals surface area (Å²) in [5.74, 6) is 0.843. The number of halogens is 1. The molecule has 2 aromatic heterocycles. The number of nitrogens with zero attached hydrogens (tertiary/aromatic N) is 3. The standard InChI is InChI=1S/C21H18FN5O/c22-16-6-1-2-7-19(16)27-12-14(11-23-27)21(28)24-15-8-9-17-18(10-15)26-20(25-17)13-4-3-5-13/h1-2,6-13H,3-5H2,(H,24,28)(H,25,26). The number of anilines is 1. The summed E-state index contributed by atoms with van der Waals surface area (Å²) in [5.41, 5.74) is 3.11. The minimum Gasteiger partial charge on any atom is -0.342 e. The maximum Gasteiger partial charge on any atom is 0.258 e. The number of para-hydroxylation sites is 1. The van der Waals surface area contributed by atoms with Crippen LogP contribution in [0.5, 0.6) is 0 Å². The summed E-state index contributed by atoms with van der Waals surface area (Å²) in [7, 11) is 0. The topological polar surface area (TPSA) is 75.6 Å². The molecule has 0 spiro atoms. The maximum atomic E-state index is 13.9. The Labute approximate surface area is 160 Å². The van der Waals surface area contributed by atoms with Gasteiger partial charge < -0.3 is 10.3 Å². The molecule has 2 aromatic carbocycles. The van der Waals surface area contributed by atoms with Crippen molar-refractivity contribution in [3.63, 3.8) is 0 Å². The van der Waals surface area contributed by atoms with E-state index in [1.807, 2.05) is 18.2 Å². The summed E-state index contributed by atoms with van der Waals surface area (Å²) in [6.07, 6.45) is 6.54. The molecule has 1 amide bonds. The number of hydrogen-bond donors (Lipinski definition) is 2. The van der Waals surface area contributed by atoms with Gasteiger partial charge in [-0.05, 0) is 43.2 Å². The molecule has 0 atom stereocenters. The molecule has 1 aliphatic rings. The lowest BCUT2D eigenvalue weighted by Crippen LogP contribution is -2.11. The number of aromatic nitrogens is 4. The molecule has 4 aromatic rings. The Kier molecular flexibility index (Phi) is 3.93. The average Bonchev–Trinajstić information content (AvgIpc) is 3.27. The number of hydrogen-bond acceptors (Lipinski definition) is 3. The predicted molar refractivity (Wildman–Crippen MR) is 104 cm³/mol. The first-order valence-corrected chi connectivity index (χ1v) is 9.28. The Balaban J connectivity index is 1.36. The molecule has 0 unspecified atom stereocenters. The van der Waals surface area contributed by atoms with E-state index in [0.717, 1.165) is 16.9 Å². The lowest BCUT2D eigenvalue weighted by atomic mass is 9.85. The molecular formula is C21H18FN5O. The molecule has 5 rings (SSSR count). The molecule has 140 valence electrons. The van der Waals surface area contributed by atoms with Crippen LogP contribution in [0.3, 0.4) is 0 Å². The molecule has 0 saturated heterocycles. The van der Waals surface area contributed by atoms with Crippen molar-refractivity contribution < 1.29 is 9.18 Å². The summed E-state index contributed by atoms with van der Waals surface area (Å²) in [6, 6.07) is 11.9. The molecule has 2 heterocycles. The minimum atomic E-state index is -0.399. The van der Waals surface area contributed by atoms with Gasteiger partial charge in [0.25, 0.3) is 5.91 Å². The SMILES string of the molecule is O=C(Nc1ccc2nc(C3CCC3)[nH]c2c1)c1cnn(-c2ccccc2F)c1. The Morgan fingerprint density at radius 3 is 2.86 bits per heavy atom. The van der Waals surface area contributed by atoms with Gasteiger partial charge >= 0.3 is 0 Å². The van der Waals surface area contributed by atoms with Gasteiger partial charge in [-0.1, -0.05) is 18.6 Å². The first-order chi connectivity index (χ1) is 13.7. The monoisotopic (exact) mass is 375 g/mol. The van der Waals surface area contributed by atoms with Gasteiger partial charge in [0.15, 0.2) is 0 Å². The zero-order valence-electron chi connectivity index (χ0n) is 15.0. The lowest BCUT2D eigenvalue weighted by molar-refractivity contribution is 0.102. The van der Waals surface area contributed by atoms with Crippen LogP contribution < -0.4 is 5.32 Å². The Hall–Kier alpha value is -3.48. The third-order valence-electron chi connectivity index (χ3n) is 5.19. The maximum absolute atomic E-state index is 13.9. The Morgan fingerprint density at radius 1 is 1.21 bits per heavy atom. The second kappa shape index (κ2) is 6.60. The van der Waals surface area contributed by atoms with E-state index < -0.39 is 5.82 Å². The highest BCUT2D eigenvalue weighted by atomic mass is 19.1. The van der Waals surface area contributed by atoms with Crippen LogP contribution in [0.4, 0.5) is 10.1 Å². The van der Waals surface area contributed by atoms with Crippen molar-refractivity contribution in [3.05, 3.63) is 72.1 Å². The van der Waals surface area contributed by atoms with Gasteiger partial charge in [0.1, 0.15) is 17.3 Å². The van der Waals surface area contributed by atoms with Gasteiger partial charge in [-0.2, -0.15) is 5.10 Å². The van der Waals surface area contributed by atoms with Crippen LogP contribution >= 0.6 is 0 Å². The molecule has 0 bridgehead atoms. The van der Waals surface area contributed by atoms with E-state index in [1.54, 1.807) is 18.2 Å². The summed E-state index contributed by atoms with van der Waals surface area (Å²) < 4.78 is 15.3. The van der Waals surface area contributed by atoms with Crippen molar-refractivity contribution >= 4 is 22.6 Å². The molecule has 7 heteroatoms. The van der Waals surface area contributed by atoms with Crippen LogP contribution in [-0.2, 0) is 0 Å². The third kappa shape index (κ3) is 2.94. The van der Waals surface area contributed by atoms with Crippen molar-refractivity contribution in [3.8, 4) is 5.69 Å². The van der Waals surface area contributed by atoms with Crippen LogP contribution in [0.25, 0.3) is 16.7 Å². The second-order valence-electron chi connectivity index (χ2n) is 7.06. The van der Waals surface area contributed by atoms with E-state index in [-0.39, 0.29) is 5.91 Å². The molecular weight excluding hydrogens is 357 g/mol. The molecule has 1 aliphatic carbocycles. The Bertz CT molecular complexity index is 1170. The highest BCUT2D eigenvalue weighted by Crippen LogP contribution is 2.35. The highest BCUT2D eigenvalue weighted by molar-refractivity contribution is 6.04. The highest BCUT2D eigenvalue weighted by Gasteiger charge is 2.22. The van der Waals surface area contributed by atoms with E-state index in [1.165, 1.54) is 42.4 Å². The fourth-order valence-corrected chi connectivity index (χ4v) is 3.39. The summed E-state index contributed by atoms with van der Waals surface area (Å²) in [4.78, 5) is 20.6. The van der Waals surface area contributed by atoms with Crippen LogP contribution in [0.1, 0.15) is 41.4 Å². The predicted octanol–water partition coefficient (Wildman–Crippen LogP) is 4.41. The largest absolute Gasteiger partial charge is 0.342 e. The molecule has 1 saturated carbocycles. The number of carbonyl (C=O) groups excluding carboxylic acids is 1. The van der Waals surface area contributed by atoms with Crippen molar-refractivity contribution in [2.45, 2.75) is 25.2 Å². The number of fused-ring (bicyclic) bond motifs is 1. The second-order valence-corrected chi connectivity index (χ2v) is 7.06. The summed E-state index contributed by atoms with van der Waals surface area (Å²) >= 11 is 0. The van der Waals surface area contributed by atoms with E-state index in [0.29, 0.717) is 22.9 Å². The van der Waals surface area contributed by atoms with Crippen LogP contribution in [0.2, 0.25) is 0 Å². The smallest absolute Gasteiger partial charge is 0.258 e. The zero-order valence-corrected chi connectivity index (χ0v) is 15.0. The average molecular weight is 375 g/mol. The first kappa shape index (κ1) is 16.7. The van der Waals surface area contributed by atoms with Crippen molar-refractivity contribution in [1.82, 2.24) is 19.7 Å².